The number of piperazine rings is 1. The Labute approximate surface area is 164 Å². The monoisotopic (exact) mass is 433 g/mol. The second-order valence-electron chi connectivity index (χ2n) is 6.28. The molecule has 0 unspecified atom stereocenters. The molecule has 0 spiro atoms. The standard InChI is InChI=1S/C19H17BrClN3O2/c1-12-14-11-13(20)4-5-16(14)26-17(12)19(25)24-9-7-23(8-10-24)18-15(21)3-2-6-22-18/h2-6,11H,7-10H2,1H3. The van der Waals surface area contributed by atoms with E-state index in [4.69, 9.17) is 16.0 Å². The van der Waals surface area contributed by atoms with Gasteiger partial charge in [0.05, 0.1) is 5.02 Å². The van der Waals surface area contributed by atoms with Gasteiger partial charge in [-0.2, -0.15) is 0 Å². The van der Waals surface area contributed by atoms with Crippen molar-refractivity contribution in [2.75, 3.05) is 31.1 Å². The second-order valence-corrected chi connectivity index (χ2v) is 7.61. The van der Waals surface area contributed by atoms with E-state index in [1.165, 1.54) is 0 Å². The average molecular weight is 435 g/mol. The number of benzene rings is 1. The molecule has 7 heteroatoms. The largest absolute Gasteiger partial charge is 0.451 e. The van der Waals surface area contributed by atoms with Gasteiger partial charge in [-0.3, -0.25) is 4.79 Å². The summed E-state index contributed by atoms with van der Waals surface area (Å²) >= 11 is 9.69. The molecular formula is C19H17BrClN3O2. The number of aryl methyl sites for hydroxylation is 1. The summed E-state index contributed by atoms with van der Waals surface area (Å²) < 4.78 is 6.81. The number of hydrogen-bond acceptors (Lipinski definition) is 4. The smallest absolute Gasteiger partial charge is 0.290 e. The van der Waals surface area contributed by atoms with Gasteiger partial charge in [-0.25, -0.2) is 4.98 Å². The highest BCUT2D eigenvalue weighted by Gasteiger charge is 2.27. The lowest BCUT2D eigenvalue weighted by molar-refractivity contribution is 0.0716. The van der Waals surface area contributed by atoms with Crippen LogP contribution < -0.4 is 4.90 Å². The van der Waals surface area contributed by atoms with Crippen molar-refractivity contribution in [2.24, 2.45) is 0 Å². The molecule has 4 rings (SSSR count). The highest BCUT2D eigenvalue weighted by Crippen LogP contribution is 2.29. The number of carbonyl (C=O) groups is 1. The number of furan rings is 1. The third-order valence-corrected chi connectivity index (χ3v) is 5.49. The van der Waals surface area contributed by atoms with E-state index < -0.39 is 0 Å². The van der Waals surface area contributed by atoms with Crippen molar-refractivity contribution < 1.29 is 9.21 Å². The van der Waals surface area contributed by atoms with Crippen LogP contribution in [0.4, 0.5) is 5.82 Å². The third kappa shape index (κ3) is 3.08. The van der Waals surface area contributed by atoms with Crippen LogP contribution in [-0.4, -0.2) is 42.0 Å². The molecule has 134 valence electrons. The lowest BCUT2D eigenvalue weighted by Gasteiger charge is -2.35. The molecule has 26 heavy (non-hydrogen) atoms. The van der Waals surface area contributed by atoms with Crippen molar-refractivity contribution in [1.82, 2.24) is 9.88 Å². The molecule has 3 aromatic rings. The first-order chi connectivity index (χ1) is 12.5. The van der Waals surface area contributed by atoms with E-state index in [9.17, 15) is 4.79 Å². The Morgan fingerprint density at radius 1 is 1.23 bits per heavy atom. The molecule has 5 nitrogen and oxygen atoms in total. The van der Waals surface area contributed by atoms with Crippen LogP contribution in [0.3, 0.4) is 0 Å². The molecule has 0 N–H and O–H groups in total. The third-order valence-electron chi connectivity index (χ3n) is 4.70. The van der Waals surface area contributed by atoms with Crippen LogP contribution in [0.25, 0.3) is 11.0 Å². The average Bonchev–Trinajstić information content (AvgIpc) is 2.98. The summed E-state index contributed by atoms with van der Waals surface area (Å²) in [5.41, 5.74) is 1.61. The highest BCUT2D eigenvalue weighted by atomic mass is 79.9. The SMILES string of the molecule is Cc1c(C(=O)N2CCN(c3ncccc3Cl)CC2)oc2ccc(Br)cc12. The van der Waals surface area contributed by atoms with Crippen molar-refractivity contribution in [2.45, 2.75) is 6.92 Å². The van der Waals surface area contributed by atoms with E-state index in [1.807, 2.05) is 42.2 Å². The van der Waals surface area contributed by atoms with Crippen molar-refractivity contribution in [3.63, 3.8) is 0 Å². The van der Waals surface area contributed by atoms with E-state index in [0.29, 0.717) is 37.0 Å². The van der Waals surface area contributed by atoms with Crippen molar-refractivity contribution in [3.05, 3.63) is 57.3 Å². The molecule has 1 aliphatic rings. The predicted octanol–water partition coefficient (Wildman–Crippen LogP) is 4.51. The number of fused-ring (bicyclic) bond motifs is 1. The summed E-state index contributed by atoms with van der Waals surface area (Å²) in [6.45, 7) is 4.51. The Hall–Kier alpha value is -2.05. The van der Waals surface area contributed by atoms with Crippen molar-refractivity contribution in [3.8, 4) is 0 Å². The van der Waals surface area contributed by atoms with Crippen LogP contribution >= 0.6 is 27.5 Å². The number of anilines is 1. The predicted molar refractivity (Wildman–Crippen MR) is 106 cm³/mol. The molecule has 0 aliphatic carbocycles. The molecule has 1 fully saturated rings. The number of aromatic nitrogens is 1. The normalized spacial score (nSPS) is 14.9. The Kier molecular flexibility index (Phi) is 4.63. The number of nitrogens with zero attached hydrogens (tertiary/aromatic N) is 3. The van der Waals surface area contributed by atoms with Crippen LogP contribution in [0.5, 0.6) is 0 Å². The maximum Gasteiger partial charge on any atom is 0.290 e. The van der Waals surface area contributed by atoms with Crippen molar-refractivity contribution in [1.29, 1.82) is 0 Å². The Balaban J connectivity index is 1.52. The summed E-state index contributed by atoms with van der Waals surface area (Å²) in [6.07, 6.45) is 1.73. The van der Waals surface area contributed by atoms with Crippen LogP contribution in [0.2, 0.25) is 5.02 Å². The van der Waals surface area contributed by atoms with Gasteiger partial charge in [0.25, 0.3) is 5.91 Å². The molecule has 1 aromatic carbocycles. The summed E-state index contributed by atoms with van der Waals surface area (Å²) in [7, 11) is 0. The Morgan fingerprint density at radius 3 is 2.73 bits per heavy atom. The van der Waals surface area contributed by atoms with Gasteiger partial charge in [-0.05, 0) is 37.3 Å². The molecule has 0 radical (unpaired) electrons. The Morgan fingerprint density at radius 2 is 2.00 bits per heavy atom. The molecule has 0 bridgehead atoms. The van der Waals surface area contributed by atoms with Crippen LogP contribution in [0.15, 0.2) is 45.4 Å². The maximum absolute atomic E-state index is 12.9. The van der Waals surface area contributed by atoms with Gasteiger partial charge in [-0.15, -0.1) is 0 Å². The first-order valence-corrected chi connectivity index (χ1v) is 9.55. The maximum atomic E-state index is 12.9. The zero-order valence-electron chi connectivity index (χ0n) is 14.2. The first kappa shape index (κ1) is 17.4. The van der Waals surface area contributed by atoms with Gasteiger partial charge in [0.15, 0.2) is 5.76 Å². The van der Waals surface area contributed by atoms with E-state index in [2.05, 4.69) is 25.8 Å². The molecule has 1 amide bonds. The highest BCUT2D eigenvalue weighted by molar-refractivity contribution is 9.10. The van der Waals surface area contributed by atoms with E-state index >= 15 is 0 Å². The minimum Gasteiger partial charge on any atom is -0.451 e. The van der Waals surface area contributed by atoms with Gasteiger partial charge in [0, 0.05) is 47.8 Å². The van der Waals surface area contributed by atoms with Gasteiger partial charge in [0.2, 0.25) is 0 Å². The van der Waals surface area contributed by atoms with E-state index in [0.717, 1.165) is 26.8 Å². The Bertz CT molecular complexity index is 980. The van der Waals surface area contributed by atoms with Gasteiger partial charge >= 0.3 is 0 Å². The van der Waals surface area contributed by atoms with Crippen LogP contribution in [0, 0.1) is 6.92 Å². The van der Waals surface area contributed by atoms with Crippen LogP contribution in [0.1, 0.15) is 16.1 Å². The van der Waals surface area contributed by atoms with Gasteiger partial charge < -0.3 is 14.2 Å². The van der Waals surface area contributed by atoms with Gasteiger partial charge in [-0.1, -0.05) is 27.5 Å². The minimum atomic E-state index is -0.0680. The number of hydrogen-bond donors (Lipinski definition) is 0. The lowest BCUT2D eigenvalue weighted by Crippen LogP contribution is -2.49. The van der Waals surface area contributed by atoms with Gasteiger partial charge in [0.1, 0.15) is 11.4 Å². The summed E-state index contributed by atoms with van der Waals surface area (Å²) in [5, 5.41) is 1.59. The molecule has 2 aromatic heterocycles. The fourth-order valence-electron chi connectivity index (χ4n) is 3.27. The number of halogens is 2. The summed E-state index contributed by atoms with van der Waals surface area (Å²) in [4.78, 5) is 21.2. The minimum absolute atomic E-state index is 0.0680. The molecule has 1 aliphatic heterocycles. The fourth-order valence-corrected chi connectivity index (χ4v) is 3.87. The first-order valence-electron chi connectivity index (χ1n) is 8.38. The quantitative estimate of drug-likeness (QED) is 0.595. The number of rotatable bonds is 2. The van der Waals surface area contributed by atoms with Crippen molar-refractivity contribution >= 4 is 50.2 Å². The van der Waals surface area contributed by atoms with Crippen LogP contribution in [-0.2, 0) is 0 Å². The summed E-state index contributed by atoms with van der Waals surface area (Å²) in [6, 6.07) is 9.41. The van der Waals surface area contributed by atoms with E-state index in [1.54, 1.807) is 6.20 Å². The molecular weight excluding hydrogens is 418 g/mol. The van der Waals surface area contributed by atoms with E-state index in [-0.39, 0.29) is 5.91 Å². The second kappa shape index (κ2) is 6.93. The molecule has 0 saturated carbocycles. The fraction of sp³-hybridized carbons (Fsp3) is 0.263. The lowest BCUT2D eigenvalue weighted by atomic mass is 10.1. The summed E-state index contributed by atoms with van der Waals surface area (Å²) in [5.74, 6) is 1.12. The zero-order valence-corrected chi connectivity index (χ0v) is 16.5. The molecule has 3 heterocycles. The zero-order chi connectivity index (χ0) is 18.3. The number of pyridine rings is 1. The molecule has 1 saturated heterocycles. The number of amides is 1. The molecule has 0 atom stereocenters. The number of carbonyl (C=O) groups excluding carboxylic acids is 1. The topological polar surface area (TPSA) is 49.6 Å².